The van der Waals surface area contributed by atoms with Gasteiger partial charge >= 0.3 is 5.97 Å². The number of ether oxygens (including phenoxy) is 1. The van der Waals surface area contributed by atoms with Crippen LogP contribution in [0.2, 0.25) is 0 Å². The lowest BCUT2D eigenvalue weighted by Crippen LogP contribution is -2.45. The number of hydrogen-bond acceptors (Lipinski definition) is 5. The summed E-state index contributed by atoms with van der Waals surface area (Å²) in [6.07, 6.45) is 76.6. The van der Waals surface area contributed by atoms with Crippen LogP contribution in [0.3, 0.4) is 0 Å². The average molecular weight is 1010 g/mol. The number of hydrogen-bond donors (Lipinski definition) is 3. The van der Waals surface area contributed by atoms with Crippen LogP contribution >= 0.6 is 0 Å². The molecular weight excluding hydrogens is 887 g/mol. The summed E-state index contributed by atoms with van der Waals surface area (Å²) in [7, 11) is 0. The first-order valence-electron chi connectivity index (χ1n) is 32.6. The minimum atomic E-state index is -0.862. The van der Waals surface area contributed by atoms with E-state index in [2.05, 4.69) is 31.3 Å². The molecule has 2 unspecified atom stereocenters. The van der Waals surface area contributed by atoms with E-state index in [1.807, 2.05) is 6.08 Å². The molecule has 0 aliphatic carbocycles. The Kier molecular flexibility index (Phi) is 60.5. The molecule has 6 heteroatoms. The van der Waals surface area contributed by atoms with Gasteiger partial charge in [-0.05, 0) is 64.2 Å². The van der Waals surface area contributed by atoms with Crippen LogP contribution in [-0.4, -0.2) is 47.4 Å². The van der Waals surface area contributed by atoms with Crippen molar-refractivity contribution in [3.8, 4) is 0 Å². The molecule has 1 amide bonds. The quantitative estimate of drug-likeness (QED) is 0.0320. The number of unbranched alkanes of at least 4 members (excludes halogenated alkanes) is 48. The number of carbonyl (C=O) groups excluding carboxylic acids is 2. The Hall–Kier alpha value is -1.66. The summed E-state index contributed by atoms with van der Waals surface area (Å²) >= 11 is 0. The third kappa shape index (κ3) is 57.6. The van der Waals surface area contributed by atoms with Gasteiger partial charge in [0.1, 0.15) is 0 Å². The maximum Gasteiger partial charge on any atom is 0.305 e. The summed E-state index contributed by atoms with van der Waals surface area (Å²) in [5.41, 5.74) is 0. The van der Waals surface area contributed by atoms with Crippen molar-refractivity contribution in [2.24, 2.45) is 0 Å². The van der Waals surface area contributed by atoms with E-state index in [0.717, 1.165) is 77.0 Å². The number of amides is 1. The van der Waals surface area contributed by atoms with Crippen molar-refractivity contribution in [2.75, 3.05) is 13.2 Å². The van der Waals surface area contributed by atoms with Gasteiger partial charge in [0, 0.05) is 12.8 Å². The van der Waals surface area contributed by atoms with Crippen molar-refractivity contribution in [3.05, 3.63) is 24.3 Å². The lowest BCUT2D eigenvalue weighted by atomic mass is 10.0. The molecule has 2 atom stereocenters. The van der Waals surface area contributed by atoms with E-state index in [-0.39, 0.29) is 18.5 Å². The number of nitrogens with one attached hydrogen (secondary N) is 1. The molecule has 0 aromatic rings. The fourth-order valence-electron chi connectivity index (χ4n) is 10.2. The minimum Gasteiger partial charge on any atom is -0.466 e. The van der Waals surface area contributed by atoms with Gasteiger partial charge in [0.15, 0.2) is 0 Å². The van der Waals surface area contributed by atoms with Gasteiger partial charge in [0.25, 0.3) is 0 Å². The summed E-state index contributed by atoms with van der Waals surface area (Å²) in [6, 6.07) is -0.648. The number of rotatable bonds is 61. The number of carbonyl (C=O) groups is 2. The number of esters is 1. The molecule has 0 saturated carbocycles. The molecule has 0 aromatic carbocycles. The lowest BCUT2D eigenvalue weighted by Gasteiger charge is -2.20. The number of aliphatic hydroxyl groups excluding tert-OH is 2. The van der Waals surface area contributed by atoms with Gasteiger partial charge in [-0.2, -0.15) is 0 Å². The number of aliphatic hydroxyl groups is 2. The highest BCUT2D eigenvalue weighted by atomic mass is 16.5. The van der Waals surface area contributed by atoms with Crippen LogP contribution in [-0.2, 0) is 14.3 Å². The van der Waals surface area contributed by atoms with E-state index < -0.39 is 12.1 Å². The van der Waals surface area contributed by atoms with Gasteiger partial charge in [-0.25, -0.2) is 0 Å². The smallest absolute Gasteiger partial charge is 0.305 e. The van der Waals surface area contributed by atoms with E-state index in [9.17, 15) is 19.8 Å². The van der Waals surface area contributed by atoms with Crippen molar-refractivity contribution in [3.63, 3.8) is 0 Å². The highest BCUT2D eigenvalue weighted by Crippen LogP contribution is 2.18. The van der Waals surface area contributed by atoms with E-state index in [1.54, 1.807) is 6.08 Å². The zero-order valence-electron chi connectivity index (χ0n) is 48.7. The van der Waals surface area contributed by atoms with Gasteiger partial charge in [-0.15, -0.1) is 0 Å². The summed E-state index contributed by atoms with van der Waals surface area (Å²) in [6.45, 7) is 4.88. The minimum absolute atomic E-state index is 0.0186. The van der Waals surface area contributed by atoms with Crippen molar-refractivity contribution in [1.82, 2.24) is 5.32 Å². The molecule has 0 rings (SSSR count). The molecule has 0 radical (unpaired) electrons. The van der Waals surface area contributed by atoms with Gasteiger partial charge < -0.3 is 20.3 Å². The van der Waals surface area contributed by atoms with Crippen LogP contribution < -0.4 is 5.32 Å². The standard InChI is InChI=1S/C66H127NO5/c1-3-5-7-9-11-13-15-17-19-21-23-24-25-26-27-29-30-32-34-38-42-46-50-54-58-64(69)63(62-68)67-65(70)59-55-51-47-43-39-36-37-41-45-49-53-57-61-72-66(71)60-56-52-48-44-40-35-33-31-28-22-20-18-16-14-12-10-8-6-4-2/h37,41,54,58,63-64,68-69H,3-36,38-40,42-53,55-57,59-62H2,1-2H3,(H,67,70)/b41-37-,58-54+. The monoisotopic (exact) mass is 1010 g/mol. The molecule has 0 heterocycles. The van der Waals surface area contributed by atoms with Crippen LogP contribution in [0.1, 0.15) is 361 Å². The molecule has 3 N–H and O–H groups in total. The fourth-order valence-corrected chi connectivity index (χ4v) is 10.2. The molecule has 426 valence electrons. The van der Waals surface area contributed by atoms with Gasteiger partial charge in [-0.1, -0.05) is 308 Å². The third-order valence-electron chi connectivity index (χ3n) is 15.2. The zero-order chi connectivity index (χ0) is 52.2. The van der Waals surface area contributed by atoms with Crippen molar-refractivity contribution in [2.45, 2.75) is 373 Å². The topological polar surface area (TPSA) is 95.9 Å². The van der Waals surface area contributed by atoms with Crippen molar-refractivity contribution >= 4 is 11.9 Å². The highest BCUT2D eigenvalue weighted by molar-refractivity contribution is 5.76. The fraction of sp³-hybridized carbons (Fsp3) is 0.909. The predicted octanol–water partition coefficient (Wildman–Crippen LogP) is 20.6. The summed E-state index contributed by atoms with van der Waals surface area (Å²) < 4.78 is 5.48. The molecule has 0 fully saturated rings. The Labute approximate surface area is 450 Å². The van der Waals surface area contributed by atoms with Crippen LogP contribution in [0, 0.1) is 0 Å². The van der Waals surface area contributed by atoms with E-state index in [0.29, 0.717) is 19.4 Å². The van der Waals surface area contributed by atoms with Crippen molar-refractivity contribution in [1.29, 1.82) is 0 Å². The summed E-state index contributed by atoms with van der Waals surface area (Å²) in [4.78, 5) is 24.6. The second-order valence-electron chi connectivity index (χ2n) is 22.5. The maximum absolute atomic E-state index is 12.5. The van der Waals surface area contributed by atoms with Crippen LogP contribution in [0.15, 0.2) is 24.3 Å². The largest absolute Gasteiger partial charge is 0.466 e. The van der Waals surface area contributed by atoms with Gasteiger partial charge in [-0.3, -0.25) is 9.59 Å². The normalized spacial score (nSPS) is 12.7. The summed E-state index contributed by atoms with van der Waals surface area (Å²) in [5, 5.41) is 23.2. The molecule has 72 heavy (non-hydrogen) atoms. The average Bonchev–Trinajstić information content (AvgIpc) is 3.38. The molecule has 0 saturated heterocycles. The van der Waals surface area contributed by atoms with Crippen LogP contribution in [0.5, 0.6) is 0 Å². The van der Waals surface area contributed by atoms with E-state index in [1.165, 1.54) is 257 Å². The van der Waals surface area contributed by atoms with Gasteiger partial charge in [0.2, 0.25) is 5.91 Å². The van der Waals surface area contributed by atoms with E-state index >= 15 is 0 Å². The molecule has 0 spiro atoms. The molecular formula is C66H127NO5. The maximum atomic E-state index is 12.5. The predicted molar refractivity (Wildman–Crippen MR) is 315 cm³/mol. The second-order valence-corrected chi connectivity index (χ2v) is 22.5. The SMILES string of the molecule is CCCCCCCCCCCCCCCCCCCCCCCC/C=C/C(O)C(CO)NC(=O)CCCCCCC/C=C\CCCCCOC(=O)CCCCCCCCCCCCCCCCCCCCC. The Morgan fingerprint density at radius 1 is 0.375 bits per heavy atom. The molecule has 6 nitrogen and oxygen atoms in total. The Morgan fingerprint density at radius 2 is 0.653 bits per heavy atom. The molecule has 0 aromatic heterocycles. The Bertz CT molecular complexity index is 1120. The van der Waals surface area contributed by atoms with E-state index in [4.69, 9.17) is 4.74 Å². The molecule has 0 aliphatic rings. The number of allylic oxidation sites excluding steroid dienone is 3. The van der Waals surface area contributed by atoms with Crippen LogP contribution in [0.4, 0.5) is 0 Å². The highest BCUT2D eigenvalue weighted by Gasteiger charge is 2.18. The first-order chi connectivity index (χ1) is 35.5. The first-order valence-corrected chi connectivity index (χ1v) is 32.6. The van der Waals surface area contributed by atoms with Crippen LogP contribution in [0.25, 0.3) is 0 Å². The molecule has 0 bridgehead atoms. The zero-order valence-corrected chi connectivity index (χ0v) is 48.7. The third-order valence-corrected chi connectivity index (χ3v) is 15.2. The second kappa shape index (κ2) is 61.9. The summed E-state index contributed by atoms with van der Waals surface area (Å²) in [5.74, 6) is -0.108. The first kappa shape index (κ1) is 70.3. The Balaban J connectivity index is 3.49. The molecule has 0 aliphatic heterocycles. The van der Waals surface area contributed by atoms with Crippen molar-refractivity contribution < 1.29 is 24.5 Å². The Morgan fingerprint density at radius 3 is 0.986 bits per heavy atom. The lowest BCUT2D eigenvalue weighted by molar-refractivity contribution is -0.143. The van der Waals surface area contributed by atoms with Gasteiger partial charge in [0.05, 0.1) is 25.4 Å².